The highest BCUT2D eigenvalue weighted by molar-refractivity contribution is 7.09. The maximum absolute atomic E-state index is 10.0. The second kappa shape index (κ2) is 2.94. The Kier molecular flexibility index (Phi) is 2.88. The molecule has 0 rings (SSSR count). The van der Waals surface area contributed by atoms with Crippen molar-refractivity contribution in [1.82, 2.24) is 0 Å². The summed E-state index contributed by atoms with van der Waals surface area (Å²) in [4.78, 5) is 10.0. The Morgan fingerprint density at radius 1 is 2.00 bits per heavy atom. The van der Waals surface area contributed by atoms with Crippen molar-refractivity contribution in [2.24, 2.45) is 5.73 Å². The van der Waals surface area contributed by atoms with Crippen molar-refractivity contribution in [2.45, 2.75) is 13.0 Å². The van der Waals surface area contributed by atoms with Crippen molar-refractivity contribution >= 4 is 15.4 Å². The van der Waals surface area contributed by atoms with Gasteiger partial charge in [0.05, 0.1) is 0 Å². The van der Waals surface area contributed by atoms with Crippen molar-refractivity contribution in [3.8, 4) is 0 Å². The van der Waals surface area contributed by atoms with Crippen LogP contribution in [0.25, 0.3) is 0 Å². The molecule has 1 amide bonds. The Balaban J connectivity index is 3.34. The summed E-state index contributed by atoms with van der Waals surface area (Å²) in [5, 5.41) is 0. The van der Waals surface area contributed by atoms with Gasteiger partial charge in [0.25, 0.3) is 0 Å². The van der Waals surface area contributed by atoms with Gasteiger partial charge in [-0.25, -0.2) is 0 Å². The first-order valence-electron chi connectivity index (χ1n) is 1.83. The quantitative estimate of drug-likeness (QED) is 0.508. The fourth-order valence-corrected chi connectivity index (χ4v) is 0.201. The van der Waals surface area contributed by atoms with E-state index in [2.05, 4.69) is 4.52 Å². The molecule has 0 aromatic heterocycles. The van der Waals surface area contributed by atoms with E-state index in [9.17, 15) is 4.79 Å². The first kappa shape index (κ1) is 6.86. The second-order valence-electron chi connectivity index (χ2n) is 1.18. The molecule has 0 bridgehead atoms. The Hall–Kier alpha value is -0.140. The lowest BCUT2D eigenvalue weighted by atomic mass is 10.4. The molecule has 2 unspecified atom stereocenters. The summed E-state index contributed by atoms with van der Waals surface area (Å²) in [5.41, 5.74) is 4.77. The maximum Gasteiger partial charge on any atom is 0.246 e. The SMILES string of the molecule is CC(OP)C(N)=O. The molecule has 0 spiro atoms. The molecule has 7 heavy (non-hydrogen) atoms. The average Bonchev–Trinajstić information content (AvgIpc) is 1.65. The van der Waals surface area contributed by atoms with E-state index in [-0.39, 0.29) is 0 Å². The van der Waals surface area contributed by atoms with Gasteiger partial charge in [0.1, 0.15) is 6.10 Å². The molecule has 0 aromatic carbocycles. The fourth-order valence-electron chi connectivity index (χ4n) is 0.0671. The lowest BCUT2D eigenvalue weighted by Gasteiger charge is -1.99. The third-order valence-electron chi connectivity index (χ3n) is 0.605. The van der Waals surface area contributed by atoms with Crippen molar-refractivity contribution in [2.75, 3.05) is 0 Å². The zero-order valence-corrected chi connectivity index (χ0v) is 5.20. The van der Waals surface area contributed by atoms with Gasteiger partial charge in [-0.2, -0.15) is 0 Å². The van der Waals surface area contributed by atoms with Gasteiger partial charge in [-0.1, -0.05) is 0 Å². The molecule has 0 saturated carbocycles. The van der Waals surface area contributed by atoms with Crippen LogP contribution in [-0.2, 0) is 9.32 Å². The predicted molar refractivity (Wildman–Crippen MR) is 29.5 cm³/mol. The molecular weight excluding hydrogens is 113 g/mol. The minimum absolute atomic E-state index is 0.449. The van der Waals surface area contributed by atoms with Crippen LogP contribution in [0.15, 0.2) is 0 Å². The zero-order chi connectivity index (χ0) is 5.86. The largest absolute Gasteiger partial charge is 0.367 e. The summed E-state index contributed by atoms with van der Waals surface area (Å²) in [6.07, 6.45) is -0.495. The molecule has 0 aliphatic rings. The van der Waals surface area contributed by atoms with Crippen molar-refractivity contribution in [1.29, 1.82) is 0 Å². The number of carbonyl (C=O) groups is 1. The summed E-state index contributed by atoms with van der Waals surface area (Å²) in [5.74, 6) is -0.449. The fraction of sp³-hybridized carbons (Fsp3) is 0.667. The van der Waals surface area contributed by atoms with Crippen LogP contribution in [0.3, 0.4) is 0 Å². The maximum atomic E-state index is 10.0. The number of nitrogens with two attached hydrogens (primary N) is 1. The molecule has 0 radical (unpaired) electrons. The molecule has 42 valence electrons. The molecule has 0 fully saturated rings. The van der Waals surface area contributed by atoms with E-state index in [4.69, 9.17) is 5.73 Å². The van der Waals surface area contributed by atoms with Gasteiger partial charge in [0.2, 0.25) is 5.91 Å². The summed E-state index contributed by atoms with van der Waals surface area (Å²) < 4.78 is 4.45. The topological polar surface area (TPSA) is 52.3 Å². The third-order valence-corrected chi connectivity index (χ3v) is 1.01. The van der Waals surface area contributed by atoms with E-state index >= 15 is 0 Å². The van der Waals surface area contributed by atoms with E-state index in [0.29, 0.717) is 0 Å². The zero-order valence-electron chi connectivity index (χ0n) is 4.05. The van der Waals surface area contributed by atoms with Crippen LogP contribution in [0, 0.1) is 0 Å². The van der Waals surface area contributed by atoms with Gasteiger partial charge in [-0.3, -0.25) is 4.79 Å². The number of hydrogen-bond donors (Lipinski definition) is 1. The van der Waals surface area contributed by atoms with Crippen LogP contribution in [-0.4, -0.2) is 12.0 Å². The molecular formula is C3H8NO2P. The lowest BCUT2D eigenvalue weighted by molar-refractivity contribution is -0.123. The smallest absolute Gasteiger partial charge is 0.246 e. The van der Waals surface area contributed by atoms with E-state index < -0.39 is 12.0 Å². The molecule has 0 heterocycles. The van der Waals surface area contributed by atoms with Crippen LogP contribution in [0.1, 0.15) is 6.92 Å². The van der Waals surface area contributed by atoms with Gasteiger partial charge in [0.15, 0.2) is 0 Å². The molecule has 2 N–H and O–H groups in total. The van der Waals surface area contributed by atoms with Gasteiger partial charge in [-0.05, 0) is 6.92 Å². The number of amides is 1. The lowest BCUT2D eigenvalue weighted by Crippen LogP contribution is -2.25. The Labute approximate surface area is 44.5 Å². The third kappa shape index (κ3) is 2.54. The van der Waals surface area contributed by atoms with Gasteiger partial charge in [0, 0.05) is 9.47 Å². The minimum Gasteiger partial charge on any atom is -0.367 e. The van der Waals surface area contributed by atoms with Crippen LogP contribution in [0.5, 0.6) is 0 Å². The van der Waals surface area contributed by atoms with E-state index in [1.54, 1.807) is 6.92 Å². The number of rotatable bonds is 2. The number of primary amides is 1. The van der Waals surface area contributed by atoms with Gasteiger partial charge < -0.3 is 10.3 Å². The second-order valence-corrected chi connectivity index (χ2v) is 1.45. The van der Waals surface area contributed by atoms with E-state index in [0.717, 1.165) is 0 Å². The highest BCUT2D eigenvalue weighted by Gasteiger charge is 2.03. The molecule has 0 aromatic rings. The van der Waals surface area contributed by atoms with Gasteiger partial charge >= 0.3 is 0 Å². The van der Waals surface area contributed by atoms with E-state index in [1.165, 1.54) is 0 Å². The molecule has 0 saturated heterocycles. The highest BCUT2D eigenvalue weighted by atomic mass is 31.0. The summed E-state index contributed by atoms with van der Waals surface area (Å²) >= 11 is 0. The van der Waals surface area contributed by atoms with Crippen LogP contribution in [0.2, 0.25) is 0 Å². The normalized spacial score (nSPS) is 13.4. The van der Waals surface area contributed by atoms with Crippen LogP contribution >= 0.6 is 9.47 Å². The minimum atomic E-state index is -0.495. The van der Waals surface area contributed by atoms with Crippen LogP contribution in [0.4, 0.5) is 0 Å². The van der Waals surface area contributed by atoms with Crippen molar-refractivity contribution in [3.63, 3.8) is 0 Å². The molecule has 3 nitrogen and oxygen atoms in total. The Morgan fingerprint density at radius 3 is 2.43 bits per heavy atom. The highest BCUT2D eigenvalue weighted by Crippen LogP contribution is 1.93. The molecule has 4 heteroatoms. The Morgan fingerprint density at radius 2 is 2.43 bits per heavy atom. The van der Waals surface area contributed by atoms with Crippen molar-refractivity contribution < 1.29 is 9.32 Å². The molecule has 0 aliphatic heterocycles. The first-order valence-corrected chi connectivity index (χ1v) is 2.30. The summed E-state index contributed by atoms with van der Waals surface area (Å²) in [6.45, 7) is 1.58. The van der Waals surface area contributed by atoms with Crippen molar-refractivity contribution in [3.05, 3.63) is 0 Å². The Bertz CT molecular complexity index is 75.3. The number of carbonyl (C=O) groups excluding carboxylic acids is 1. The monoisotopic (exact) mass is 121 g/mol. The van der Waals surface area contributed by atoms with E-state index in [1.807, 2.05) is 9.47 Å². The molecule has 2 atom stereocenters. The predicted octanol–water partition coefficient (Wildman–Crippen LogP) is -0.333. The first-order chi connectivity index (χ1) is 3.18. The number of hydrogen-bond acceptors (Lipinski definition) is 2. The molecule has 0 aliphatic carbocycles. The van der Waals surface area contributed by atoms with Gasteiger partial charge in [-0.15, -0.1) is 0 Å². The summed E-state index contributed by atoms with van der Waals surface area (Å²) in [6, 6.07) is 0. The standard InChI is InChI=1S/C3H8NO2P/c1-2(6-7)3(4)5/h2H,7H2,1H3,(H2,4,5). The summed E-state index contributed by atoms with van der Waals surface area (Å²) in [7, 11) is 1.96. The average molecular weight is 121 g/mol. The van der Waals surface area contributed by atoms with Crippen LogP contribution < -0.4 is 5.73 Å².